The average Bonchev–Trinajstić information content (AvgIpc) is 3.21. The van der Waals surface area contributed by atoms with E-state index < -0.39 is 0 Å². The Morgan fingerprint density at radius 3 is 2.68 bits per heavy atom. The zero-order chi connectivity index (χ0) is 21.5. The normalized spacial score (nSPS) is 15.0. The van der Waals surface area contributed by atoms with Gasteiger partial charge in [-0.1, -0.05) is 30.9 Å². The smallest absolute Gasteiger partial charge is 0.232 e. The Morgan fingerprint density at radius 2 is 1.90 bits per heavy atom. The summed E-state index contributed by atoms with van der Waals surface area (Å²) < 4.78 is 5.20. The number of nitrogens with zero attached hydrogens (tertiary/aromatic N) is 6. The number of aromatic nitrogens is 6. The lowest BCUT2D eigenvalue weighted by atomic mass is 9.94. The maximum Gasteiger partial charge on any atom is 0.232 e. The van der Waals surface area contributed by atoms with Gasteiger partial charge in [-0.25, -0.2) is 19.9 Å². The molecule has 0 bridgehead atoms. The summed E-state index contributed by atoms with van der Waals surface area (Å²) in [7, 11) is 3.66. The Morgan fingerprint density at radius 1 is 1.10 bits per heavy atom. The molecule has 1 saturated carbocycles. The number of H-pyrrole nitrogens is 1. The molecule has 9 heteroatoms. The van der Waals surface area contributed by atoms with E-state index in [4.69, 9.17) is 26.3 Å². The van der Waals surface area contributed by atoms with E-state index in [0.717, 1.165) is 17.1 Å². The number of hydrogen-bond acceptors (Lipinski definition) is 7. The Hall–Kier alpha value is -3.00. The van der Waals surface area contributed by atoms with Gasteiger partial charge in [0.25, 0.3) is 0 Å². The van der Waals surface area contributed by atoms with Gasteiger partial charge >= 0.3 is 0 Å². The number of fused-ring (bicyclic) bond motifs is 2. The van der Waals surface area contributed by atoms with Gasteiger partial charge in [-0.2, -0.15) is 5.10 Å². The summed E-state index contributed by atoms with van der Waals surface area (Å²) in [5, 5.41) is 7.98. The van der Waals surface area contributed by atoms with Crippen LogP contribution in [0.25, 0.3) is 33.5 Å². The Kier molecular flexibility index (Phi) is 5.09. The molecule has 160 valence electrons. The fourth-order valence-electron chi connectivity index (χ4n) is 4.39. The van der Waals surface area contributed by atoms with Crippen LogP contribution in [0.15, 0.2) is 18.3 Å². The largest absolute Gasteiger partial charge is 0.480 e. The van der Waals surface area contributed by atoms with Crippen LogP contribution >= 0.6 is 11.6 Å². The van der Waals surface area contributed by atoms with E-state index in [-0.39, 0.29) is 0 Å². The van der Waals surface area contributed by atoms with Gasteiger partial charge in [-0.05, 0) is 31.9 Å². The van der Waals surface area contributed by atoms with Crippen molar-refractivity contribution in [1.29, 1.82) is 0 Å². The van der Waals surface area contributed by atoms with Crippen molar-refractivity contribution in [2.75, 3.05) is 19.1 Å². The third-order valence-corrected chi connectivity index (χ3v) is 6.49. The topological polar surface area (TPSA) is 92.7 Å². The highest BCUT2D eigenvalue weighted by molar-refractivity contribution is 6.38. The second kappa shape index (κ2) is 7.92. The molecular weight excluding hydrogens is 414 g/mol. The fraction of sp³-hybridized carbons (Fsp3) is 0.409. The van der Waals surface area contributed by atoms with E-state index in [0.29, 0.717) is 44.8 Å². The predicted molar refractivity (Wildman–Crippen MR) is 122 cm³/mol. The van der Waals surface area contributed by atoms with E-state index in [9.17, 15) is 0 Å². The molecule has 1 aliphatic carbocycles. The van der Waals surface area contributed by atoms with Gasteiger partial charge in [0.1, 0.15) is 11.0 Å². The number of rotatable bonds is 4. The molecule has 4 aromatic rings. The highest BCUT2D eigenvalue weighted by atomic mass is 35.5. The number of ether oxygens (including phenoxy) is 1. The molecular formula is C22H24ClN7O. The Bertz CT molecular complexity index is 1270. The van der Waals surface area contributed by atoms with E-state index in [1.165, 1.54) is 32.1 Å². The van der Waals surface area contributed by atoms with Crippen LogP contribution in [0.4, 0.5) is 5.82 Å². The van der Waals surface area contributed by atoms with Crippen LogP contribution in [0.2, 0.25) is 5.02 Å². The standard InChI is InChI=1S/C22H24ClN7O/c1-12-22(30(2)13-7-5-4-6-8-13)27-21-20(25-12)18(28-29-21)14-9-10-15-19(17(14)23)26-16(31-3)11-24-15/h9-11,13H,4-8H2,1-3H3,(H,27,28,29). The number of aryl methyl sites for hydroxylation is 1. The average molecular weight is 438 g/mol. The van der Waals surface area contributed by atoms with Crippen molar-refractivity contribution in [3.63, 3.8) is 0 Å². The molecule has 0 unspecified atom stereocenters. The Balaban J connectivity index is 1.59. The Labute approximate surface area is 185 Å². The summed E-state index contributed by atoms with van der Waals surface area (Å²) in [6.45, 7) is 2.00. The minimum absolute atomic E-state index is 0.409. The molecule has 31 heavy (non-hydrogen) atoms. The molecule has 0 spiro atoms. The second-order valence-corrected chi connectivity index (χ2v) is 8.39. The monoisotopic (exact) mass is 437 g/mol. The van der Waals surface area contributed by atoms with Crippen molar-refractivity contribution in [2.24, 2.45) is 0 Å². The van der Waals surface area contributed by atoms with Crippen LogP contribution in [0.3, 0.4) is 0 Å². The molecule has 1 aromatic carbocycles. The number of aromatic amines is 1. The number of anilines is 1. The van der Waals surface area contributed by atoms with Gasteiger partial charge in [0.05, 0.1) is 35.2 Å². The third-order valence-electron chi connectivity index (χ3n) is 6.10. The van der Waals surface area contributed by atoms with E-state index in [1.807, 2.05) is 19.1 Å². The lowest BCUT2D eigenvalue weighted by molar-refractivity contribution is 0.397. The number of nitrogens with one attached hydrogen (secondary N) is 1. The quantitative estimate of drug-likeness (QED) is 0.494. The molecule has 0 saturated heterocycles. The zero-order valence-electron chi connectivity index (χ0n) is 17.8. The third kappa shape index (κ3) is 3.44. The molecule has 1 fully saturated rings. The van der Waals surface area contributed by atoms with Gasteiger partial charge in [-0.3, -0.25) is 5.10 Å². The first-order valence-corrected chi connectivity index (χ1v) is 10.9. The number of benzene rings is 1. The first kappa shape index (κ1) is 19.9. The van der Waals surface area contributed by atoms with Gasteiger partial charge in [-0.15, -0.1) is 0 Å². The first-order valence-electron chi connectivity index (χ1n) is 10.5. The van der Waals surface area contributed by atoms with Crippen LogP contribution in [0.1, 0.15) is 37.8 Å². The van der Waals surface area contributed by atoms with Crippen LogP contribution in [0, 0.1) is 6.92 Å². The molecule has 0 amide bonds. The molecule has 3 aromatic heterocycles. The minimum Gasteiger partial charge on any atom is -0.480 e. The van der Waals surface area contributed by atoms with Crippen molar-refractivity contribution >= 4 is 39.6 Å². The fourth-order valence-corrected chi connectivity index (χ4v) is 4.69. The SMILES string of the molecule is COc1cnc2ccc(-c3[nH]nc4nc(N(C)C5CCCCC5)c(C)nc34)c(Cl)c2n1. The summed E-state index contributed by atoms with van der Waals surface area (Å²) in [5.41, 5.74) is 4.87. The maximum atomic E-state index is 6.72. The van der Waals surface area contributed by atoms with Gasteiger partial charge in [0.15, 0.2) is 5.82 Å². The van der Waals surface area contributed by atoms with Crippen molar-refractivity contribution in [1.82, 2.24) is 30.1 Å². The van der Waals surface area contributed by atoms with Crippen molar-refractivity contribution in [3.05, 3.63) is 29.0 Å². The van der Waals surface area contributed by atoms with E-state index in [2.05, 4.69) is 32.1 Å². The molecule has 1 aliphatic rings. The molecule has 3 heterocycles. The zero-order valence-corrected chi connectivity index (χ0v) is 18.6. The van der Waals surface area contributed by atoms with Crippen LogP contribution in [-0.4, -0.2) is 50.3 Å². The van der Waals surface area contributed by atoms with Gasteiger partial charge in [0, 0.05) is 18.7 Å². The number of halogens is 1. The van der Waals surface area contributed by atoms with Crippen LogP contribution in [-0.2, 0) is 0 Å². The van der Waals surface area contributed by atoms with Gasteiger partial charge < -0.3 is 9.64 Å². The van der Waals surface area contributed by atoms with E-state index >= 15 is 0 Å². The van der Waals surface area contributed by atoms with Crippen LogP contribution in [0.5, 0.6) is 5.88 Å². The summed E-state index contributed by atoms with van der Waals surface area (Å²) >= 11 is 6.72. The molecule has 0 radical (unpaired) electrons. The number of hydrogen-bond donors (Lipinski definition) is 1. The van der Waals surface area contributed by atoms with Crippen molar-refractivity contribution in [3.8, 4) is 17.1 Å². The lowest BCUT2D eigenvalue weighted by Crippen LogP contribution is -2.34. The summed E-state index contributed by atoms with van der Waals surface area (Å²) in [4.78, 5) is 20.8. The molecule has 5 rings (SSSR count). The maximum absolute atomic E-state index is 6.72. The van der Waals surface area contributed by atoms with Crippen molar-refractivity contribution < 1.29 is 4.74 Å². The molecule has 1 N–H and O–H groups in total. The second-order valence-electron chi connectivity index (χ2n) is 8.01. The van der Waals surface area contributed by atoms with Gasteiger partial charge in [0.2, 0.25) is 11.5 Å². The number of methoxy groups -OCH3 is 1. The summed E-state index contributed by atoms with van der Waals surface area (Å²) in [6.07, 6.45) is 7.81. The van der Waals surface area contributed by atoms with E-state index in [1.54, 1.807) is 13.3 Å². The summed E-state index contributed by atoms with van der Waals surface area (Å²) in [6, 6.07) is 4.28. The first-order chi connectivity index (χ1) is 15.1. The van der Waals surface area contributed by atoms with Crippen LogP contribution < -0.4 is 9.64 Å². The van der Waals surface area contributed by atoms with Crippen molar-refractivity contribution in [2.45, 2.75) is 45.1 Å². The molecule has 0 atom stereocenters. The minimum atomic E-state index is 0.409. The molecule has 8 nitrogen and oxygen atoms in total. The predicted octanol–water partition coefficient (Wildman–Crippen LogP) is 4.70. The lowest BCUT2D eigenvalue weighted by Gasteiger charge is -2.32. The highest BCUT2D eigenvalue weighted by Crippen LogP contribution is 2.36. The summed E-state index contributed by atoms with van der Waals surface area (Å²) in [5.74, 6) is 1.30. The highest BCUT2D eigenvalue weighted by Gasteiger charge is 2.23. The molecule has 0 aliphatic heterocycles.